The highest BCUT2D eigenvalue weighted by Crippen LogP contribution is 2.44. The van der Waals surface area contributed by atoms with Gasteiger partial charge in [-0.2, -0.15) is 0 Å². The van der Waals surface area contributed by atoms with Crippen molar-refractivity contribution in [2.45, 2.75) is 31.1 Å². The number of thioether (sulfide) groups is 1. The summed E-state index contributed by atoms with van der Waals surface area (Å²) in [5.74, 6) is 1.03. The Balaban J connectivity index is 2.22. The molecule has 1 aliphatic carbocycles. The topological polar surface area (TPSA) is 26.3 Å². The molecule has 1 aliphatic rings. The third kappa shape index (κ3) is 2.96. The highest BCUT2D eigenvalue weighted by molar-refractivity contribution is 8.03. The molecule has 0 fully saturated rings. The Hall–Kier alpha value is -1.22. The summed E-state index contributed by atoms with van der Waals surface area (Å²) < 4.78 is 5.46. The third-order valence-corrected chi connectivity index (χ3v) is 4.44. The van der Waals surface area contributed by atoms with Gasteiger partial charge >= 0.3 is 0 Å². The summed E-state index contributed by atoms with van der Waals surface area (Å²) in [6.07, 6.45) is 3.59. The molecule has 0 bridgehead atoms. The molecule has 1 unspecified atom stereocenters. The Labute approximate surface area is 112 Å². The molecule has 2 rings (SSSR count). The number of carbonyl (C=O) groups excluding carboxylic acids is 1. The largest absolute Gasteiger partial charge is 0.500 e. The van der Waals surface area contributed by atoms with Crippen LogP contribution in [-0.4, -0.2) is 13.4 Å². The van der Waals surface area contributed by atoms with Crippen LogP contribution >= 0.6 is 11.8 Å². The number of allylic oxidation sites excluding steroid dienone is 2. The van der Waals surface area contributed by atoms with Gasteiger partial charge in [-0.05, 0) is 25.0 Å². The normalized spacial score (nSPS) is 23.9. The van der Waals surface area contributed by atoms with Crippen LogP contribution < -0.4 is 0 Å². The van der Waals surface area contributed by atoms with Gasteiger partial charge in [0.05, 0.1) is 7.11 Å². The number of aldehydes is 1. The van der Waals surface area contributed by atoms with E-state index in [2.05, 4.69) is 12.1 Å². The van der Waals surface area contributed by atoms with Gasteiger partial charge in [-0.15, -0.1) is 0 Å². The molecule has 0 N–H and O–H groups in total. The van der Waals surface area contributed by atoms with Crippen LogP contribution in [0.5, 0.6) is 0 Å². The Kier molecular flexibility index (Phi) is 4.12. The monoisotopic (exact) mass is 262 g/mol. The van der Waals surface area contributed by atoms with Gasteiger partial charge in [0.15, 0.2) is 0 Å². The van der Waals surface area contributed by atoms with Gasteiger partial charge in [0.25, 0.3) is 0 Å². The fourth-order valence-corrected chi connectivity index (χ4v) is 3.41. The number of carbonyl (C=O) groups is 1. The first-order valence-corrected chi connectivity index (χ1v) is 6.94. The fraction of sp³-hybridized carbons (Fsp3) is 0.400. The third-order valence-electron chi connectivity index (χ3n) is 3.31. The van der Waals surface area contributed by atoms with E-state index in [1.807, 2.05) is 25.1 Å². The maximum Gasteiger partial charge on any atom is 0.126 e. The molecule has 0 heterocycles. The van der Waals surface area contributed by atoms with E-state index in [0.29, 0.717) is 0 Å². The molecule has 1 aromatic carbocycles. The SMILES string of the molecule is COC1=C(Sc2ccccc2)CC(C)(C=O)CC1. The van der Waals surface area contributed by atoms with E-state index in [-0.39, 0.29) is 5.41 Å². The maximum atomic E-state index is 11.2. The second kappa shape index (κ2) is 5.61. The molecule has 3 heteroatoms. The van der Waals surface area contributed by atoms with E-state index in [1.165, 1.54) is 9.80 Å². The summed E-state index contributed by atoms with van der Waals surface area (Å²) in [5.41, 5.74) is -0.237. The van der Waals surface area contributed by atoms with E-state index in [0.717, 1.165) is 31.3 Å². The number of methoxy groups -OCH3 is 1. The first-order valence-electron chi connectivity index (χ1n) is 6.12. The lowest BCUT2D eigenvalue weighted by Crippen LogP contribution is -2.23. The predicted molar refractivity (Wildman–Crippen MR) is 74.4 cm³/mol. The average Bonchev–Trinajstić information content (AvgIpc) is 2.40. The van der Waals surface area contributed by atoms with E-state index < -0.39 is 0 Å². The molecule has 0 spiro atoms. The zero-order valence-corrected chi connectivity index (χ0v) is 11.6. The lowest BCUT2D eigenvalue weighted by Gasteiger charge is -2.30. The molecule has 0 aromatic heterocycles. The van der Waals surface area contributed by atoms with Crippen molar-refractivity contribution in [2.24, 2.45) is 5.41 Å². The van der Waals surface area contributed by atoms with Crippen LogP contribution in [0.25, 0.3) is 0 Å². The number of benzene rings is 1. The van der Waals surface area contributed by atoms with Crippen molar-refractivity contribution in [3.63, 3.8) is 0 Å². The van der Waals surface area contributed by atoms with Crippen molar-refractivity contribution >= 4 is 18.0 Å². The number of rotatable bonds is 4. The fourth-order valence-electron chi connectivity index (χ4n) is 2.13. The quantitative estimate of drug-likeness (QED) is 0.766. The molecule has 18 heavy (non-hydrogen) atoms. The average molecular weight is 262 g/mol. The Morgan fingerprint density at radius 3 is 2.67 bits per heavy atom. The molecule has 0 amide bonds. The van der Waals surface area contributed by atoms with Gasteiger partial charge in [0, 0.05) is 21.6 Å². The van der Waals surface area contributed by atoms with Crippen LogP contribution in [0.15, 0.2) is 45.9 Å². The molecule has 1 atom stereocenters. The first kappa shape index (κ1) is 13.2. The molecule has 2 nitrogen and oxygen atoms in total. The molecule has 96 valence electrons. The first-order chi connectivity index (χ1) is 8.67. The van der Waals surface area contributed by atoms with Crippen LogP contribution in [0.4, 0.5) is 0 Å². The number of hydrogen-bond donors (Lipinski definition) is 0. The van der Waals surface area contributed by atoms with Crippen LogP contribution in [0.2, 0.25) is 0 Å². The Morgan fingerprint density at radius 1 is 1.33 bits per heavy atom. The number of hydrogen-bond acceptors (Lipinski definition) is 3. The van der Waals surface area contributed by atoms with Gasteiger partial charge in [-0.3, -0.25) is 0 Å². The molecule has 0 aliphatic heterocycles. The minimum Gasteiger partial charge on any atom is -0.500 e. The van der Waals surface area contributed by atoms with Crippen LogP contribution in [0.3, 0.4) is 0 Å². The predicted octanol–water partition coefficient (Wildman–Crippen LogP) is 4.03. The van der Waals surface area contributed by atoms with E-state index in [1.54, 1.807) is 18.9 Å². The molecular weight excluding hydrogens is 244 g/mol. The van der Waals surface area contributed by atoms with Crippen molar-refractivity contribution in [3.8, 4) is 0 Å². The number of ether oxygens (including phenoxy) is 1. The van der Waals surface area contributed by atoms with Gasteiger partial charge in [-0.25, -0.2) is 0 Å². The van der Waals surface area contributed by atoms with E-state index in [9.17, 15) is 4.79 Å². The Bertz CT molecular complexity index is 453. The van der Waals surface area contributed by atoms with Gasteiger partial charge < -0.3 is 9.53 Å². The van der Waals surface area contributed by atoms with Gasteiger partial charge in [0.1, 0.15) is 12.0 Å². The summed E-state index contributed by atoms with van der Waals surface area (Å²) in [4.78, 5) is 13.6. The molecule has 0 saturated carbocycles. The van der Waals surface area contributed by atoms with Crippen molar-refractivity contribution < 1.29 is 9.53 Å². The lowest BCUT2D eigenvalue weighted by molar-refractivity contribution is -0.116. The zero-order valence-electron chi connectivity index (χ0n) is 10.8. The standard InChI is InChI=1S/C15H18O2S/c1-15(11-16)9-8-13(17-2)14(10-15)18-12-6-4-3-5-7-12/h3-7,11H,8-10H2,1-2H3. The van der Waals surface area contributed by atoms with Crippen molar-refractivity contribution in [2.75, 3.05) is 7.11 Å². The molecule has 1 aromatic rings. The smallest absolute Gasteiger partial charge is 0.126 e. The molecule has 0 radical (unpaired) electrons. The minimum absolute atomic E-state index is 0.237. The zero-order chi connectivity index (χ0) is 13.0. The van der Waals surface area contributed by atoms with Crippen molar-refractivity contribution in [1.82, 2.24) is 0 Å². The second-order valence-electron chi connectivity index (χ2n) is 4.91. The van der Waals surface area contributed by atoms with Crippen molar-refractivity contribution in [1.29, 1.82) is 0 Å². The minimum atomic E-state index is -0.237. The van der Waals surface area contributed by atoms with Gasteiger partial charge in [0.2, 0.25) is 0 Å². The summed E-state index contributed by atoms with van der Waals surface area (Å²) in [5, 5.41) is 0. The highest BCUT2D eigenvalue weighted by atomic mass is 32.2. The molecule has 0 saturated heterocycles. The summed E-state index contributed by atoms with van der Waals surface area (Å²) in [6, 6.07) is 10.2. The van der Waals surface area contributed by atoms with E-state index >= 15 is 0 Å². The van der Waals surface area contributed by atoms with E-state index in [4.69, 9.17) is 4.74 Å². The lowest BCUT2D eigenvalue weighted by atomic mass is 9.79. The van der Waals surface area contributed by atoms with Crippen LogP contribution in [0.1, 0.15) is 26.2 Å². The van der Waals surface area contributed by atoms with Crippen molar-refractivity contribution in [3.05, 3.63) is 41.0 Å². The summed E-state index contributed by atoms with van der Waals surface area (Å²) >= 11 is 1.71. The van der Waals surface area contributed by atoms with Crippen LogP contribution in [0, 0.1) is 5.41 Å². The maximum absolute atomic E-state index is 11.2. The van der Waals surface area contributed by atoms with Gasteiger partial charge in [-0.1, -0.05) is 36.9 Å². The Morgan fingerprint density at radius 2 is 2.06 bits per heavy atom. The molecular formula is C15H18O2S. The second-order valence-corrected chi connectivity index (χ2v) is 6.08. The summed E-state index contributed by atoms with van der Waals surface area (Å²) in [7, 11) is 1.71. The van der Waals surface area contributed by atoms with Crippen LogP contribution in [-0.2, 0) is 9.53 Å². The summed E-state index contributed by atoms with van der Waals surface area (Å²) in [6.45, 7) is 2.03. The highest BCUT2D eigenvalue weighted by Gasteiger charge is 2.32.